The molecule has 2 aromatic carbocycles. The number of carbonyl (C=O) groups is 2. The number of amides is 2. The van der Waals surface area contributed by atoms with E-state index in [1.54, 1.807) is 6.07 Å². The Morgan fingerprint density at radius 1 is 1.04 bits per heavy atom. The second-order valence-corrected chi connectivity index (χ2v) is 6.27. The summed E-state index contributed by atoms with van der Waals surface area (Å²) >= 11 is 0. The van der Waals surface area contributed by atoms with Crippen molar-refractivity contribution in [2.45, 2.75) is 44.6 Å². The van der Waals surface area contributed by atoms with Gasteiger partial charge in [-0.15, -0.1) is 6.58 Å². The standard InChI is InChI=1S/C21H26N2O2/c1-2-3-4-5-6-7-12-19(20(22)24)23-21(25)18-14-13-16-10-8-9-11-17(16)15-18/h2,8-11,13-15,19H,1,3-7,12H2,(H2,22,24)(H,23,25)/t19-/m0/s1. The molecule has 2 rings (SSSR count). The number of primary amides is 1. The highest BCUT2D eigenvalue weighted by atomic mass is 16.2. The lowest BCUT2D eigenvalue weighted by atomic mass is 10.0. The lowest BCUT2D eigenvalue weighted by molar-refractivity contribution is -0.120. The van der Waals surface area contributed by atoms with Gasteiger partial charge in [0.2, 0.25) is 5.91 Å². The van der Waals surface area contributed by atoms with E-state index in [-0.39, 0.29) is 5.91 Å². The maximum atomic E-state index is 12.4. The Balaban J connectivity index is 1.92. The van der Waals surface area contributed by atoms with Gasteiger partial charge in [-0.3, -0.25) is 9.59 Å². The van der Waals surface area contributed by atoms with Crippen molar-refractivity contribution in [3.63, 3.8) is 0 Å². The van der Waals surface area contributed by atoms with Crippen molar-refractivity contribution in [3.8, 4) is 0 Å². The van der Waals surface area contributed by atoms with E-state index in [0.717, 1.165) is 42.9 Å². The van der Waals surface area contributed by atoms with Gasteiger partial charge in [-0.05, 0) is 42.2 Å². The molecule has 2 amide bonds. The van der Waals surface area contributed by atoms with E-state index in [1.807, 2.05) is 42.5 Å². The number of carbonyl (C=O) groups excluding carboxylic acids is 2. The fourth-order valence-corrected chi connectivity index (χ4v) is 2.85. The molecule has 0 aromatic heterocycles. The van der Waals surface area contributed by atoms with Crippen molar-refractivity contribution in [1.82, 2.24) is 5.32 Å². The van der Waals surface area contributed by atoms with Crippen LogP contribution in [0.25, 0.3) is 10.8 Å². The minimum absolute atomic E-state index is 0.263. The third kappa shape index (κ3) is 5.75. The summed E-state index contributed by atoms with van der Waals surface area (Å²) in [4.78, 5) is 24.1. The summed E-state index contributed by atoms with van der Waals surface area (Å²) in [5, 5.41) is 4.84. The van der Waals surface area contributed by atoms with Gasteiger partial charge in [-0.1, -0.05) is 55.7 Å². The molecule has 0 radical (unpaired) electrons. The average molecular weight is 338 g/mol. The minimum Gasteiger partial charge on any atom is -0.368 e. The van der Waals surface area contributed by atoms with Crippen LogP contribution in [0, 0.1) is 0 Å². The first kappa shape index (κ1) is 18.7. The van der Waals surface area contributed by atoms with Crippen LogP contribution in [-0.4, -0.2) is 17.9 Å². The quantitative estimate of drug-likeness (QED) is 0.508. The van der Waals surface area contributed by atoms with Crippen LogP contribution in [0.1, 0.15) is 48.9 Å². The third-order valence-electron chi connectivity index (χ3n) is 4.31. The van der Waals surface area contributed by atoms with Crippen LogP contribution in [0.3, 0.4) is 0 Å². The molecule has 0 unspecified atom stereocenters. The van der Waals surface area contributed by atoms with Crippen molar-refractivity contribution in [1.29, 1.82) is 0 Å². The first-order chi connectivity index (χ1) is 12.1. The molecule has 0 aliphatic carbocycles. The zero-order valence-corrected chi connectivity index (χ0v) is 14.5. The van der Waals surface area contributed by atoms with Gasteiger partial charge in [0.15, 0.2) is 0 Å². The Kier molecular flexibility index (Phi) is 7.20. The van der Waals surface area contributed by atoms with E-state index in [0.29, 0.717) is 12.0 Å². The molecule has 1 atom stereocenters. The fourth-order valence-electron chi connectivity index (χ4n) is 2.85. The van der Waals surface area contributed by atoms with Crippen LogP contribution in [0.5, 0.6) is 0 Å². The maximum Gasteiger partial charge on any atom is 0.251 e. The Morgan fingerprint density at radius 3 is 2.48 bits per heavy atom. The molecule has 0 spiro atoms. The summed E-state index contributed by atoms with van der Waals surface area (Å²) in [6.45, 7) is 3.70. The number of benzene rings is 2. The first-order valence-corrected chi connectivity index (χ1v) is 8.81. The van der Waals surface area contributed by atoms with Gasteiger partial charge < -0.3 is 11.1 Å². The normalized spacial score (nSPS) is 11.8. The van der Waals surface area contributed by atoms with Gasteiger partial charge >= 0.3 is 0 Å². The van der Waals surface area contributed by atoms with Crippen LogP contribution < -0.4 is 11.1 Å². The Labute approximate surface area is 149 Å². The van der Waals surface area contributed by atoms with Crippen molar-refractivity contribution in [3.05, 3.63) is 60.7 Å². The van der Waals surface area contributed by atoms with Gasteiger partial charge in [0.05, 0.1) is 0 Å². The van der Waals surface area contributed by atoms with E-state index < -0.39 is 11.9 Å². The fraction of sp³-hybridized carbons (Fsp3) is 0.333. The number of hydrogen-bond acceptors (Lipinski definition) is 2. The predicted octanol–water partition coefficient (Wildman–Crippen LogP) is 3.95. The molecule has 0 bridgehead atoms. The molecule has 0 aliphatic heterocycles. The largest absolute Gasteiger partial charge is 0.368 e. The second kappa shape index (κ2) is 9.62. The van der Waals surface area contributed by atoms with Crippen LogP contribution in [0.4, 0.5) is 0 Å². The van der Waals surface area contributed by atoms with Crippen molar-refractivity contribution < 1.29 is 9.59 Å². The number of unbranched alkanes of at least 4 members (excludes halogenated alkanes) is 4. The molecule has 3 N–H and O–H groups in total. The number of nitrogens with one attached hydrogen (secondary N) is 1. The third-order valence-corrected chi connectivity index (χ3v) is 4.31. The highest BCUT2D eigenvalue weighted by Crippen LogP contribution is 2.16. The average Bonchev–Trinajstić information content (AvgIpc) is 2.62. The van der Waals surface area contributed by atoms with Crippen molar-refractivity contribution in [2.75, 3.05) is 0 Å². The van der Waals surface area contributed by atoms with Gasteiger partial charge in [0.1, 0.15) is 6.04 Å². The van der Waals surface area contributed by atoms with E-state index in [2.05, 4.69) is 11.9 Å². The number of fused-ring (bicyclic) bond motifs is 1. The molecule has 25 heavy (non-hydrogen) atoms. The van der Waals surface area contributed by atoms with E-state index in [1.165, 1.54) is 0 Å². The van der Waals surface area contributed by atoms with Crippen LogP contribution in [0.2, 0.25) is 0 Å². The summed E-state index contributed by atoms with van der Waals surface area (Å²) in [7, 11) is 0. The van der Waals surface area contributed by atoms with Gasteiger partial charge in [-0.2, -0.15) is 0 Å². The van der Waals surface area contributed by atoms with Crippen molar-refractivity contribution in [2.24, 2.45) is 5.73 Å². The van der Waals surface area contributed by atoms with Gasteiger partial charge in [0.25, 0.3) is 5.91 Å². The predicted molar refractivity (Wildman–Crippen MR) is 102 cm³/mol. The molecule has 0 saturated heterocycles. The minimum atomic E-state index is -0.627. The van der Waals surface area contributed by atoms with Gasteiger partial charge in [0, 0.05) is 5.56 Å². The Hall–Kier alpha value is -2.62. The molecule has 2 aromatic rings. The zero-order valence-electron chi connectivity index (χ0n) is 14.5. The second-order valence-electron chi connectivity index (χ2n) is 6.27. The number of nitrogens with two attached hydrogens (primary N) is 1. The molecule has 0 saturated carbocycles. The van der Waals surface area contributed by atoms with E-state index in [9.17, 15) is 9.59 Å². The molecule has 4 heteroatoms. The topological polar surface area (TPSA) is 72.2 Å². The SMILES string of the molecule is C=CCCCCCC[C@H](NC(=O)c1ccc2ccccc2c1)C(N)=O. The monoisotopic (exact) mass is 338 g/mol. The highest BCUT2D eigenvalue weighted by molar-refractivity contribution is 6.00. The maximum absolute atomic E-state index is 12.4. The van der Waals surface area contributed by atoms with E-state index in [4.69, 9.17) is 5.73 Å². The Morgan fingerprint density at radius 2 is 1.76 bits per heavy atom. The molecule has 0 heterocycles. The number of hydrogen-bond donors (Lipinski definition) is 2. The number of allylic oxidation sites excluding steroid dienone is 1. The lowest BCUT2D eigenvalue weighted by Gasteiger charge is -2.15. The molecular formula is C21H26N2O2. The van der Waals surface area contributed by atoms with E-state index >= 15 is 0 Å². The molecular weight excluding hydrogens is 312 g/mol. The van der Waals surface area contributed by atoms with Gasteiger partial charge in [-0.25, -0.2) is 0 Å². The van der Waals surface area contributed by atoms with Crippen molar-refractivity contribution >= 4 is 22.6 Å². The molecule has 132 valence electrons. The smallest absolute Gasteiger partial charge is 0.251 e. The molecule has 0 aliphatic rings. The highest BCUT2D eigenvalue weighted by Gasteiger charge is 2.18. The summed E-state index contributed by atoms with van der Waals surface area (Å²) in [6, 6.07) is 12.7. The summed E-state index contributed by atoms with van der Waals surface area (Å²) in [5.41, 5.74) is 5.99. The molecule has 0 fully saturated rings. The Bertz CT molecular complexity index is 740. The first-order valence-electron chi connectivity index (χ1n) is 8.81. The summed E-state index contributed by atoms with van der Waals surface area (Å²) in [5.74, 6) is -0.749. The zero-order chi connectivity index (χ0) is 18.1. The lowest BCUT2D eigenvalue weighted by Crippen LogP contribution is -2.44. The molecule has 4 nitrogen and oxygen atoms in total. The van der Waals surface area contributed by atoms with Crippen LogP contribution >= 0.6 is 0 Å². The van der Waals surface area contributed by atoms with Crippen LogP contribution in [-0.2, 0) is 4.79 Å². The summed E-state index contributed by atoms with van der Waals surface area (Å²) < 4.78 is 0. The summed E-state index contributed by atoms with van der Waals surface area (Å²) in [6.07, 6.45) is 7.58. The number of rotatable bonds is 10. The van der Waals surface area contributed by atoms with Crippen LogP contribution in [0.15, 0.2) is 55.1 Å².